The Morgan fingerprint density at radius 2 is 2.33 bits per heavy atom. The van der Waals surface area contributed by atoms with Gasteiger partial charge in [0.05, 0.1) is 31.3 Å². The molecule has 0 spiro atoms. The summed E-state index contributed by atoms with van der Waals surface area (Å²) in [6.07, 6.45) is 2.78. The van der Waals surface area contributed by atoms with E-state index in [4.69, 9.17) is 5.11 Å². The minimum absolute atomic E-state index is 0.0394. The lowest BCUT2D eigenvalue weighted by atomic mass is 10.2. The summed E-state index contributed by atoms with van der Waals surface area (Å²) in [4.78, 5) is 21.5. The van der Waals surface area contributed by atoms with Crippen molar-refractivity contribution in [3.05, 3.63) is 18.0 Å². The van der Waals surface area contributed by atoms with Gasteiger partial charge in [0.1, 0.15) is 0 Å². The molecule has 1 aromatic heterocycles. The van der Waals surface area contributed by atoms with Crippen LogP contribution in [0.5, 0.6) is 0 Å². The predicted molar refractivity (Wildman–Crippen MR) is 50.5 cm³/mol. The Bertz CT molecular complexity index is 372. The molecule has 0 fully saturated rings. The maximum atomic E-state index is 11.1. The number of methoxy groups -OCH3 is 1. The van der Waals surface area contributed by atoms with Gasteiger partial charge in [-0.3, -0.25) is 9.48 Å². The molecule has 1 N–H and O–H groups in total. The monoisotopic (exact) mass is 212 g/mol. The summed E-state index contributed by atoms with van der Waals surface area (Å²) in [6, 6.07) is -0.291. The summed E-state index contributed by atoms with van der Waals surface area (Å²) < 4.78 is 5.93. The highest BCUT2D eigenvalue weighted by Crippen LogP contribution is 2.11. The van der Waals surface area contributed by atoms with E-state index in [0.29, 0.717) is 5.56 Å². The molecule has 0 aliphatic heterocycles. The fraction of sp³-hybridized carbons (Fsp3) is 0.444. The van der Waals surface area contributed by atoms with Gasteiger partial charge < -0.3 is 9.84 Å². The molecule has 0 aromatic carbocycles. The number of hydrogen-bond donors (Lipinski definition) is 1. The SMILES string of the molecule is COC(=O)c1cnn([C@@H](C)CC(=O)O)c1. The zero-order valence-electron chi connectivity index (χ0n) is 8.51. The van der Waals surface area contributed by atoms with E-state index in [0.717, 1.165) is 0 Å². The Kier molecular flexibility index (Phi) is 3.43. The van der Waals surface area contributed by atoms with E-state index in [2.05, 4.69) is 9.84 Å². The van der Waals surface area contributed by atoms with Crippen molar-refractivity contribution in [1.82, 2.24) is 9.78 Å². The third-order valence-electron chi connectivity index (χ3n) is 1.94. The van der Waals surface area contributed by atoms with E-state index >= 15 is 0 Å². The molecular formula is C9H12N2O4. The van der Waals surface area contributed by atoms with Crippen molar-refractivity contribution in [1.29, 1.82) is 0 Å². The van der Waals surface area contributed by atoms with Crippen LogP contribution in [0.3, 0.4) is 0 Å². The number of ether oxygens (including phenoxy) is 1. The normalized spacial score (nSPS) is 12.1. The zero-order chi connectivity index (χ0) is 11.4. The van der Waals surface area contributed by atoms with Crippen LogP contribution in [0.15, 0.2) is 12.4 Å². The number of aromatic nitrogens is 2. The summed E-state index contributed by atoms with van der Waals surface area (Å²) >= 11 is 0. The fourth-order valence-electron chi connectivity index (χ4n) is 1.15. The van der Waals surface area contributed by atoms with Gasteiger partial charge in [-0.05, 0) is 6.92 Å². The lowest BCUT2D eigenvalue weighted by Crippen LogP contribution is -2.10. The van der Waals surface area contributed by atoms with E-state index in [-0.39, 0.29) is 12.5 Å². The standard InChI is InChI=1S/C9H12N2O4/c1-6(3-8(12)13)11-5-7(4-10-11)9(14)15-2/h4-6H,3H2,1-2H3,(H,12,13)/t6-/m0/s1. The Morgan fingerprint density at radius 1 is 1.67 bits per heavy atom. The van der Waals surface area contributed by atoms with Crippen LogP contribution in [0, 0.1) is 0 Å². The maximum absolute atomic E-state index is 11.1. The lowest BCUT2D eigenvalue weighted by Gasteiger charge is -2.08. The van der Waals surface area contributed by atoms with E-state index in [1.54, 1.807) is 6.92 Å². The molecule has 82 valence electrons. The van der Waals surface area contributed by atoms with E-state index in [9.17, 15) is 9.59 Å². The quantitative estimate of drug-likeness (QED) is 0.743. The number of carboxylic acids is 1. The first-order valence-corrected chi connectivity index (χ1v) is 4.39. The highest BCUT2D eigenvalue weighted by Gasteiger charge is 2.13. The second kappa shape index (κ2) is 4.59. The van der Waals surface area contributed by atoms with Gasteiger partial charge in [-0.25, -0.2) is 4.79 Å². The van der Waals surface area contributed by atoms with Crippen LogP contribution in [0.1, 0.15) is 29.7 Å². The van der Waals surface area contributed by atoms with Gasteiger partial charge in [-0.15, -0.1) is 0 Å². The summed E-state index contributed by atoms with van der Waals surface area (Å²) in [7, 11) is 1.28. The molecule has 0 bridgehead atoms. The van der Waals surface area contributed by atoms with Crippen molar-refractivity contribution in [3.63, 3.8) is 0 Å². The molecule has 6 heteroatoms. The summed E-state index contributed by atoms with van der Waals surface area (Å²) in [6.45, 7) is 1.71. The molecule has 1 rings (SSSR count). The molecule has 1 atom stereocenters. The van der Waals surface area contributed by atoms with Crippen LogP contribution in [-0.2, 0) is 9.53 Å². The van der Waals surface area contributed by atoms with Crippen molar-refractivity contribution in [3.8, 4) is 0 Å². The average molecular weight is 212 g/mol. The zero-order valence-corrected chi connectivity index (χ0v) is 8.51. The van der Waals surface area contributed by atoms with Crippen LogP contribution in [0.4, 0.5) is 0 Å². The first kappa shape index (κ1) is 11.2. The van der Waals surface area contributed by atoms with Crippen LogP contribution < -0.4 is 0 Å². The van der Waals surface area contributed by atoms with Crippen LogP contribution in [0.25, 0.3) is 0 Å². The number of esters is 1. The van der Waals surface area contributed by atoms with Crippen molar-refractivity contribution in [2.75, 3.05) is 7.11 Å². The molecule has 0 saturated heterocycles. The largest absolute Gasteiger partial charge is 0.481 e. The third-order valence-corrected chi connectivity index (χ3v) is 1.94. The summed E-state index contributed by atoms with van der Waals surface area (Å²) in [5.41, 5.74) is 0.315. The smallest absolute Gasteiger partial charge is 0.341 e. The summed E-state index contributed by atoms with van der Waals surface area (Å²) in [5, 5.41) is 12.5. The molecule has 0 unspecified atom stereocenters. The molecular weight excluding hydrogens is 200 g/mol. The van der Waals surface area contributed by atoms with Gasteiger partial charge in [0.2, 0.25) is 0 Å². The van der Waals surface area contributed by atoms with Crippen LogP contribution >= 0.6 is 0 Å². The second-order valence-electron chi connectivity index (χ2n) is 3.15. The van der Waals surface area contributed by atoms with E-state index < -0.39 is 11.9 Å². The molecule has 15 heavy (non-hydrogen) atoms. The van der Waals surface area contributed by atoms with Crippen LogP contribution in [-0.4, -0.2) is 33.9 Å². The number of rotatable bonds is 4. The fourth-order valence-corrected chi connectivity index (χ4v) is 1.15. The van der Waals surface area contributed by atoms with Gasteiger partial charge >= 0.3 is 11.9 Å². The minimum Gasteiger partial charge on any atom is -0.481 e. The van der Waals surface area contributed by atoms with Gasteiger partial charge in [0.15, 0.2) is 0 Å². The number of hydrogen-bond acceptors (Lipinski definition) is 4. The van der Waals surface area contributed by atoms with Gasteiger partial charge in [0, 0.05) is 6.20 Å². The second-order valence-corrected chi connectivity index (χ2v) is 3.15. The van der Waals surface area contributed by atoms with Gasteiger partial charge in [-0.2, -0.15) is 5.10 Å². The van der Waals surface area contributed by atoms with E-state index in [1.165, 1.54) is 24.2 Å². The Labute approximate surface area is 86.5 Å². The van der Waals surface area contributed by atoms with Crippen molar-refractivity contribution < 1.29 is 19.4 Å². The molecule has 1 aromatic rings. The number of carbonyl (C=O) groups is 2. The first-order chi connectivity index (χ1) is 7.04. The lowest BCUT2D eigenvalue weighted by molar-refractivity contribution is -0.137. The molecule has 6 nitrogen and oxygen atoms in total. The predicted octanol–water partition coefficient (Wildman–Crippen LogP) is 0.705. The molecule has 0 aliphatic rings. The molecule has 0 radical (unpaired) electrons. The van der Waals surface area contributed by atoms with Crippen molar-refractivity contribution in [2.24, 2.45) is 0 Å². The van der Waals surface area contributed by atoms with Crippen LogP contribution in [0.2, 0.25) is 0 Å². The summed E-state index contributed by atoms with van der Waals surface area (Å²) in [5.74, 6) is -1.39. The highest BCUT2D eigenvalue weighted by atomic mass is 16.5. The third kappa shape index (κ3) is 2.80. The number of nitrogens with zero attached hydrogens (tertiary/aromatic N) is 2. The minimum atomic E-state index is -0.905. The Hall–Kier alpha value is -1.85. The van der Waals surface area contributed by atoms with Crippen molar-refractivity contribution in [2.45, 2.75) is 19.4 Å². The Morgan fingerprint density at radius 3 is 2.87 bits per heavy atom. The molecule has 0 amide bonds. The Balaban J connectivity index is 2.75. The molecule has 0 aliphatic carbocycles. The topological polar surface area (TPSA) is 81.4 Å². The molecule has 0 saturated carbocycles. The maximum Gasteiger partial charge on any atom is 0.341 e. The highest BCUT2D eigenvalue weighted by molar-refractivity contribution is 5.88. The number of carboxylic acid groups (broad SMARTS) is 1. The van der Waals surface area contributed by atoms with E-state index in [1.807, 2.05) is 0 Å². The number of carbonyl (C=O) groups excluding carboxylic acids is 1. The van der Waals surface area contributed by atoms with Gasteiger partial charge in [-0.1, -0.05) is 0 Å². The first-order valence-electron chi connectivity index (χ1n) is 4.39. The number of aliphatic carboxylic acids is 1. The van der Waals surface area contributed by atoms with Gasteiger partial charge in [0.25, 0.3) is 0 Å². The molecule has 1 heterocycles. The average Bonchev–Trinajstić information content (AvgIpc) is 2.64. The van der Waals surface area contributed by atoms with Crippen molar-refractivity contribution >= 4 is 11.9 Å².